The number of benzene rings is 5. The second-order valence-corrected chi connectivity index (χ2v) is 13.1. The summed E-state index contributed by atoms with van der Waals surface area (Å²) >= 11 is 0. The molecule has 1 aliphatic rings. The minimum absolute atomic E-state index is 0.00752. The summed E-state index contributed by atoms with van der Waals surface area (Å²) in [5, 5.41) is 22.2. The molecular weight excluding hydrogens is 681 g/mol. The first kappa shape index (κ1) is 37.4. The number of hydrogen-bond donors (Lipinski definition) is 2. The Bertz CT molecular complexity index is 2110. The summed E-state index contributed by atoms with van der Waals surface area (Å²) in [5.41, 5.74) is 2.75. The van der Waals surface area contributed by atoms with Gasteiger partial charge in [-0.25, -0.2) is 0 Å². The fourth-order valence-corrected chi connectivity index (χ4v) is 6.81. The molecule has 0 fully saturated rings. The Balaban J connectivity index is 1.31. The third-order valence-electron chi connectivity index (χ3n) is 9.65. The first-order valence-electron chi connectivity index (χ1n) is 17.7. The molecular formula is C44H42N4O6. The average Bonchev–Trinajstić information content (AvgIpc) is 3.41. The topological polar surface area (TPSA) is 122 Å². The molecule has 4 amide bonds. The first-order valence-corrected chi connectivity index (χ1v) is 17.7. The van der Waals surface area contributed by atoms with Gasteiger partial charge in [0.25, 0.3) is 5.91 Å². The number of amides is 4. The number of fused-ring (bicyclic) bond motifs is 1. The molecule has 10 nitrogen and oxygen atoms in total. The molecule has 0 saturated heterocycles. The van der Waals surface area contributed by atoms with E-state index in [1.165, 1.54) is 14.7 Å². The smallest absolute Gasteiger partial charge is 0.264 e. The van der Waals surface area contributed by atoms with Gasteiger partial charge in [0.1, 0.15) is 0 Å². The molecule has 1 aliphatic heterocycles. The van der Waals surface area contributed by atoms with Gasteiger partial charge in [-0.3, -0.25) is 29.0 Å². The molecule has 1 heterocycles. The number of aliphatic hydroxyl groups excluding tert-OH is 1. The number of hydrogen-bond acceptors (Lipinski definition) is 6. The second-order valence-electron chi connectivity index (χ2n) is 13.1. The second kappa shape index (κ2) is 17.0. The van der Waals surface area contributed by atoms with Gasteiger partial charge >= 0.3 is 0 Å². The predicted molar refractivity (Wildman–Crippen MR) is 209 cm³/mol. The van der Waals surface area contributed by atoms with Crippen LogP contribution < -0.4 is 14.7 Å². The number of aliphatic hydroxyl groups is 2. The molecule has 2 atom stereocenters. The molecule has 0 bridgehead atoms. The van der Waals surface area contributed by atoms with E-state index in [2.05, 4.69) is 0 Å². The lowest BCUT2D eigenvalue weighted by Gasteiger charge is -2.28. The molecule has 5 aromatic rings. The molecule has 6 rings (SSSR count). The summed E-state index contributed by atoms with van der Waals surface area (Å²) in [6.45, 7) is 2.11. The Hall–Kier alpha value is -6.36. The van der Waals surface area contributed by atoms with Gasteiger partial charge in [0, 0.05) is 53.7 Å². The van der Waals surface area contributed by atoms with Gasteiger partial charge in [0.15, 0.2) is 5.60 Å². The van der Waals surface area contributed by atoms with Crippen molar-refractivity contribution in [1.29, 1.82) is 0 Å². The molecule has 0 radical (unpaired) electrons. The highest BCUT2D eigenvalue weighted by Gasteiger charge is 2.52. The van der Waals surface area contributed by atoms with Gasteiger partial charge in [-0.05, 0) is 65.7 Å². The zero-order valence-electron chi connectivity index (χ0n) is 29.9. The van der Waals surface area contributed by atoms with Crippen LogP contribution in [0.3, 0.4) is 0 Å². The van der Waals surface area contributed by atoms with E-state index in [1.54, 1.807) is 60.4 Å². The molecule has 2 N–H and O–H groups in total. The van der Waals surface area contributed by atoms with Crippen molar-refractivity contribution < 1.29 is 29.4 Å². The lowest BCUT2D eigenvalue weighted by Crippen LogP contribution is -2.44. The van der Waals surface area contributed by atoms with Crippen LogP contribution in [0.15, 0.2) is 146 Å². The molecule has 54 heavy (non-hydrogen) atoms. The lowest BCUT2D eigenvalue weighted by atomic mass is 9.82. The summed E-state index contributed by atoms with van der Waals surface area (Å²) < 4.78 is 0. The number of anilines is 5. The highest BCUT2D eigenvalue weighted by atomic mass is 16.3. The molecule has 0 saturated carbocycles. The van der Waals surface area contributed by atoms with E-state index in [0.717, 1.165) is 17.5 Å². The number of carbonyl (C=O) groups is 4. The van der Waals surface area contributed by atoms with Crippen LogP contribution in [0.25, 0.3) is 0 Å². The van der Waals surface area contributed by atoms with Crippen LogP contribution in [0.1, 0.15) is 30.0 Å². The lowest BCUT2D eigenvalue weighted by molar-refractivity contribution is -0.139. The monoisotopic (exact) mass is 722 g/mol. The highest BCUT2D eigenvalue weighted by Crippen LogP contribution is 2.47. The molecule has 10 heteroatoms. The SMILES string of the molecule is C[C@H](/C=C/CC(=O)N(CCO)Cc1ccccc1)[C@@]1(O)C(=O)N(Cc2cccc(N(C=O)c3ccccc3)c2)c2ccc(N(C=O)c3ccccc3)cc21. The fraction of sp³-hybridized carbons (Fsp3) is 0.182. The Morgan fingerprint density at radius 3 is 1.89 bits per heavy atom. The van der Waals surface area contributed by atoms with Crippen molar-refractivity contribution in [3.05, 3.63) is 162 Å². The van der Waals surface area contributed by atoms with Gasteiger partial charge in [0.05, 0.1) is 18.8 Å². The van der Waals surface area contributed by atoms with E-state index in [9.17, 15) is 29.4 Å². The summed E-state index contributed by atoms with van der Waals surface area (Å²) in [6.07, 6.45) is 4.71. The van der Waals surface area contributed by atoms with E-state index in [0.29, 0.717) is 47.0 Å². The Labute approximate surface area is 314 Å². The molecule has 0 spiro atoms. The summed E-state index contributed by atoms with van der Waals surface area (Å²) in [6, 6.07) is 40.2. The van der Waals surface area contributed by atoms with Crippen molar-refractivity contribution in [3.8, 4) is 0 Å². The van der Waals surface area contributed by atoms with Crippen molar-refractivity contribution in [2.24, 2.45) is 5.92 Å². The minimum atomic E-state index is -2.05. The van der Waals surface area contributed by atoms with Crippen molar-refractivity contribution in [1.82, 2.24) is 4.90 Å². The standard InChI is InChI=1S/C44H42N4O6/c1-33(13-11-22-42(52)45(25-26-49)29-34-14-5-2-6-15-34)44(54)40-28-39(48(32-51)37-19-9-4-10-20-37)23-24-41(40)46(43(44)53)30-35-16-12-21-38(27-35)47(31-50)36-17-7-3-8-18-36/h2-21,23-24,27-28,31-33,49,54H,22,25-26,29-30H2,1H3/b13-11+/t33-,44+/m1/s1. The molecule has 0 aromatic heterocycles. The van der Waals surface area contributed by atoms with E-state index in [1.807, 2.05) is 97.1 Å². The summed E-state index contributed by atoms with van der Waals surface area (Å²) in [4.78, 5) is 58.4. The van der Waals surface area contributed by atoms with Crippen LogP contribution in [0.4, 0.5) is 28.4 Å². The number of para-hydroxylation sites is 2. The summed E-state index contributed by atoms with van der Waals surface area (Å²) in [5.74, 6) is -1.58. The van der Waals surface area contributed by atoms with Crippen molar-refractivity contribution >= 4 is 53.1 Å². The van der Waals surface area contributed by atoms with E-state index >= 15 is 0 Å². The molecule has 274 valence electrons. The van der Waals surface area contributed by atoms with E-state index in [-0.39, 0.29) is 32.0 Å². The van der Waals surface area contributed by atoms with Crippen LogP contribution in [-0.2, 0) is 37.9 Å². The van der Waals surface area contributed by atoms with Crippen LogP contribution in [0.2, 0.25) is 0 Å². The Morgan fingerprint density at radius 2 is 1.30 bits per heavy atom. The van der Waals surface area contributed by atoms with E-state index < -0.39 is 17.4 Å². The third kappa shape index (κ3) is 7.85. The van der Waals surface area contributed by atoms with Crippen LogP contribution in [0.5, 0.6) is 0 Å². The van der Waals surface area contributed by atoms with Gasteiger partial charge < -0.3 is 20.0 Å². The maximum Gasteiger partial charge on any atom is 0.264 e. The summed E-state index contributed by atoms with van der Waals surface area (Å²) in [7, 11) is 0. The van der Waals surface area contributed by atoms with Gasteiger partial charge in [-0.1, -0.05) is 97.9 Å². The van der Waals surface area contributed by atoms with Gasteiger partial charge in [-0.15, -0.1) is 0 Å². The quantitative estimate of drug-likeness (QED) is 0.0874. The Morgan fingerprint density at radius 1 is 0.741 bits per heavy atom. The van der Waals surface area contributed by atoms with Crippen LogP contribution in [0, 0.1) is 5.92 Å². The average molecular weight is 723 g/mol. The zero-order chi connectivity index (χ0) is 38.1. The predicted octanol–water partition coefficient (Wildman–Crippen LogP) is 6.61. The van der Waals surface area contributed by atoms with Gasteiger partial charge in [0.2, 0.25) is 18.7 Å². The van der Waals surface area contributed by atoms with E-state index in [4.69, 9.17) is 0 Å². The highest BCUT2D eigenvalue weighted by molar-refractivity contribution is 6.08. The third-order valence-corrected chi connectivity index (χ3v) is 9.65. The molecule has 5 aromatic carbocycles. The number of rotatable bonds is 16. The van der Waals surface area contributed by atoms with Crippen LogP contribution in [-0.4, -0.2) is 52.9 Å². The van der Waals surface area contributed by atoms with Crippen molar-refractivity contribution in [2.75, 3.05) is 27.9 Å². The van der Waals surface area contributed by atoms with Crippen LogP contribution >= 0.6 is 0 Å². The molecule has 0 unspecified atom stereocenters. The van der Waals surface area contributed by atoms with Crippen molar-refractivity contribution in [2.45, 2.75) is 32.0 Å². The molecule has 0 aliphatic carbocycles. The minimum Gasteiger partial charge on any atom is -0.395 e. The van der Waals surface area contributed by atoms with Crippen molar-refractivity contribution in [3.63, 3.8) is 0 Å². The number of carbonyl (C=O) groups excluding carboxylic acids is 4. The Kier molecular flexibility index (Phi) is 11.8. The number of nitrogens with zero attached hydrogens (tertiary/aromatic N) is 4. The van der Waals surface area contributed by atoms with Gasteiger partial charge in [-0.2, -0.15) is 0 Å². The first-order chi connectivity index (χ1) is 26.3. The maximum atomic E-state index is 14.5. The normalized spacial score (nSPS) is 15.5. The largest absolute Gasteiger partial charge is 0.395 e. The zero-order valence-corrected chi connectivity index (χ0v) is 29.9. The maximum absolute atomic E-state index is 14.5. The fourth-order valence-electron chi connectivity index (χ4n) is 6.81.